The van der Waals surface area contributed by atoms with Gasteiger partial charge in [-0.15, -0.1) is 0 Å². The van der Waals surface area contributed by atoms with E-state index in [0.29, 0.717) is 30.5 Å². The number of nitrogens with one attached hydrogen (secondary N) is 2. The summed E-state index contributed by atoms with van der Waals surface area (Å²) in [6, 6.07) is 7.92. The number of piperazine rings is 1. The molecule has 0 spiro atoms. The van der Waals surface area contributed by atoms with Gasteiger partial charge in [0.1, 0.15) is 0 Å². The van der Waals surface area contributed by atoms with E-state index in [1.807, 2.05) is 56.9 Å². The molecule has 160 valence electrons. The van der Waals surface area contributed by atoms with Crippen LogP contribution < -0.4 is 10.2 Å². The van der Waals surface area contributed by atoms with Gasteiger partial charge in [-0.3, -0.25) is 9.59 Å². The van der Waals surface area contributed by atoms with Crippen LogP contribution in [0.1, 0.15) is 22.5 Å². The van der Waals surface area contributed by atoms with Crippen molar-refractivity contribution in [1.82, 2.24) is 14.9 Å². The first-order valence-electron chi connectivity index (χ1n) is 10.2. The molecule has 1 aromatic carbocycles. The summed E-state index contributed by atoms with van der Waals surface area (Å²) in [5.74, 6) is 0.456. The van der Waals surface area contributed by atoms with Gasteiger partial charge in [-0.05, 0) is 44.9 Å². The van der Waals surface area contributed by atoms with Gasteiger partial charge in [0.25, 0.3) is 5.91 Å². The zero-order valence-electron chi connectivity index (χ0n) is 18.1. The average molecular weight is 429 g/mol. The highest BCUT2D eigenvalue weighted by molar-refractivity contribution is 7.99. The summed E-state index contributed by atoms with van der Waals surface area (Å²) in [5.41, 5.74) is 4.86. The van der Waals surface area contributed by atoms with Crippen LogP contribution in [0.15, 0.2) is 29.4 Å². The number of benzene rings is 1. The van der Waals surface area contributed by atoms with Gasteiger partial charge in [-0.1, -0.05) is 30.0 Å². The summed E-state index contributed by atoms with van der Waals surface area (Å²) >= 11 is 1.38. The van der Waals surface area contributed by atoms with Crippen molar-refractivity contribution in [3.63, 3.8) is 0 Å². The number of aryl methyl sites for hydroxylation is 4. The van der Waals surface area contributed by atoms with Gasteiger partial charge in [0, 0.05) is 17.1 Å². The first kappa shape index (κ1) is 22.2. The Balaban J connectivity index is 1.44. The van der Waals surface area contributed by atoms with Crippen LogP contribution in [0.4, 0.5) is 5.69 Å². The van der Waals surface area contributed by atoms with Crippen LogP contribution in [-0.4, -0.2) is 65.2 Å². The monoisotopic (exact) mass is 428 g/mol. The third-order valence-corrected chi connectivity index (χ3v) is 6.10. The van der Waals surface area contributed by atoms with E-state index in [4.69, 9.17) is 0 Å². The van der Waals surface area contributed by atoms with E-state index in [9.17, 15) is 9.59 Å². The van der Waals surface area contributed by atoms with Crippen molar-refractivity contribution in [3.8, 4) is 0 Å². The van der Waals surface area contributed by atoms with Gasteiger partial charge in [0.2, 0.25) is 5.91 Å². The number of carbonyl (C=O) groups is 2. The molecular formula is C22H30N5O2S+. The second-order valence-corrected chi connectivity index (χ2v) is 8.79. The predicted octanol–water partition coefficient (Wildman–Crippen LogP) is 1.17. The lowest BCUT2D eigenvalue weighted by molar-refractivity contribution is -0.895. The summed E-state index contributed by atoms with van der Waals surface area (Å²) in [5, 5.41) is 3.70. The van der Waals surface area contributed by atoms with E-state index >= 15 is 0 Å². The van der Waals surface area contributed by atoms with Crippen molar-refractivity contribution in [2.24, 2.45) is 0 Å². The highest BCUT2D eigenvalue weighted by atomic mass is 32.2. The maximum Gasteiger partial charge on any atom is 0.279 e. The summed E-state index contributed by atoms with van der Waals surface area (Å²) in [6.45, 7) is 11.2. The van der Waals surface area contributed by atoms with E-state index in [1.165, 1.54) is 16.7 Å². The van der Waals surface area contributed by atoms with Gasteiger partial charge in [0.05, 0.1) is 31.9 Å². The molecule has 0 atom stereocenters. The van der Waals surface area contributed by atoms with E-state index in [0.717, 1.165) is 41.3 Å². The van der Waals surface area contributed by atoms with Crippen molar-refractivity contribution < 1.29 is 14.5 Å². The number of anilines is 1. The van der Waals surface area contributed by atoms with Crippen LogP contribution in [0.3, 0.4) is 0 Å². The molecule has 0 radical (unpaired) electrons. The fourth-order valence-corrected chi connectivity index (χ4v) is 4.50. The molecule has 0 unspecified atom stereocenters. The van der Waals surface area contributed by atoms with E-state index < -0.39 is 0 Å². The van der Waals surface area contributed by atoms with Crippen molar-refractivity contribution in [2.45, 2.75) is 32.9 Å². The number of rotatable bonds is 6. The minimum Gasteiger partial charge on any atom is -0.331 e. The normalized spacial score (nSPS) is 14.6. The number of carbonyl (C=O) groups excluding carboxylic acids is 2. The number of amides is 2. The zero-order chi connectivity index (χ0) is 21.7. The molecule has 3 rings (SSSR count). The molecule has 8 heteroatoms. The number of nitrogens with zero attached hydrogens (tertiary/aromatic N) is 3. The maximum absolute atomic E-state index is 12.5. The Kier molecular flexibility index (Phi) is 7.44. The summed E-state index contributed by atoms with van der Waals surface area (Å²) in [7, 11) is 0. The van der Waals surface area contributed by atoms with Gasteiger partial charge >= 0.3 is 0 Å². The minimum absolute atomic E-state index is 0.0182. The van der Waals surface area contributed by atoms with Crippen LogP contribution >= 0.6 is 11.8 Å². The molecule has 2 aromatic rings. The van der Waals surface area contributed by atoms with E-state index in [2.05, 4.69) is 15.3 Å². The topological polar surface area (TPSA) is 79.6 Å². The number of aromatic nitrogens is 2. The largest absolute Gasteiger partial charge is 0.331 e. The van der Waals surface area contributed by atoms with Gasteiger partial charge < -0.3 is 15.1 Å². The fraction of sp³-hybridized carbons (Fsp3) is 0.455. The Morgan fingerprint density at radius 1 is 1.07 bits per heavy atom. The third-order valence-electron chi connectivity index (χ3n) is 5.27. The molecule has 2 N–H and O–H groups in total. The third kappa shape index (κ3) is 6.03. The first-order chi connectivity index (χ1) is 14.3. The lowest BCUT2D eigenvalue weighted by atomic mass is 10.1. The molecule has 1 aliphatic rings. The van der Waals surface area contributed by atoms with E-state index in [1.54, 1.807) is 0 Å². The number of quaternary nitrogens is 1. The second kappa shape index (κ2) is 10.0. The van der Waals surface area contributed by atoms with Crippen molar-refractivity contribution in [3.05, 3.63) is 46.8 Å². The quantitative estimate of drug-likeness (QED) is 0.533. The van der Waals surface area contributed by atoms with Crippen LogP contribution in [-0.2, 0) is 9.59 Å². The molecule has 1 fully saturated rings. The number of para-hydroxylation sites is 1. The summed E-state index contributed by atoms with van der Waals surface area (Å²) < 4.78 is 0. The van der Waals surface area contributed by atoms with Crippen LogP contribution in [0.2, 0.25) is 0 Å². The Bertz CT molecular complexity index is 885. The van der Waals surface area contributed by atoms with Gasteiger partial charge in [-0.2, -0.15) is 0 Å². The molecular weight excluding hydrogens is 398 g/mol. The molecule has 1 aromatic heterocycles. The highest BCUT2D eigenvalue weighted by Gasteiger charge is 2.25. The SMILES string of the molecule is Cc1cc(C)nc(SCC(=O)N2CC[NH+](CC(=O)Nc3c(C)cccc3C)CC2)n1. The zero-order valence-corrected chi connectivity index (χ0v) is 18.9. The highest BCUT2D eigenvalue weighted by Crippen LogP contribution is 2.19. The van der Waals surface area contributed by atoms with Gasteiger partial charge in [-0.25, -0.2) is 9.97 Å². The molecule has 7 nitrogen and oxygen atoms in total. The second-order valence-electron chi connectivity index (χ2n) is 7.84. The van der Waals surface area contributed by atoms with Crippen LogP contribution in [0.5, 0.6) is 0 Å². The minimum atomic E-state index is 0.0182. The van der Waals surface area contributed by atoms with Gasteiger partial charge in [0.15, 0.2) is 11.7 Å². The Labute approximate surface area is 182 Å². The lowest BCUT2D eigenvalue weighted by Crippen LogP contribution is -3.15. The molecule has 1 saturated heterocycles. The fourth-order valence-electron chi connectivity index (χ4n) is 3.65. The van der Waals surface area contributed by atoms with Crippen LogP contribution in [0.25, 0.3) is 0 Å². The first-order valence-corrected chi connectivity index (χ1v) is 11.2. The lowest BCUT2D eigenvalue weighted by Gasteiger charge is -2.31. The average Bonchev–Trinajstić information content (AvgIpc) is 2.69. The molecule has 0 bridgehead atoms. The predicted molar refractivity (Wildman–Crippen MR) is 119 cm³/mol. The number of hydrogen-bond acceptors (Lipinski definition) is 5. The molecule has 2 amide bonds. The Hall–Kier alpha value is -2.45. The molecule has 0 saturated carbocycles. The maximum atomic E-state index is 12.5. The summed E-state index contributed by atoms with van der Waals surface area (Å²) in [6.07, 6.45) is 0. The summed E-state index contributed by atoms with van der Waals surface area (Å²) in [4.78, 5) is 36.9. The van der Waals surface area contributed by atoms with Crippen molar-refractivity contribution in [2.75, 3.05) is 43.8 Å². The van der Waals surface area contributed by atoms with Crippen LogP contribution in [0, 0.1) is 27.7 Å². The number of hydrogen-bond donors (Lipinski definition) is 2. The standard InChI is InChI=1S/C22H29N5O2S/c1-15-6-5-7-16(2)21(15)25-19(28)13-26-8-10-27(11-9-26)20(29)14-30-22-23-17(3)12-18(4)24-22/h5-7,12H,8-11,13-14H2,1-4H3,(H,25,28)/p+1. The van der Waals surface area contributed by atoms with E-state index in [-0.39, 0.29) is 11.8 Å². The molecule has 0 aliphatic carbocycles. The molecule has 1 aliphatic heterocycles. The van der Waals surface area contributed by atoms with Crippen molar-refractivity contribution in [1.29, 1.82) is 0 Å². The Morgan fingerprint density at radius 3 is 2.27 bits per heavy atom. The van der Waals surface area contributed by atoms with Crippen molar-refractivity contribution >= 4 is 29.3 Å². The Morgan fingerprint density at radius 2 is 1.67 bits per heavy atom. The number of thioether (sulfide) groups is 1. The smallest absolute Gasteiger partial charge is 0.279 e. The molecule has 2 heterocycles. The molecule has 30 heavy (non-hydrogen) atoms.